The van der Waals surface area contributed by atoms with Crippen molar-refractivity contribution in [2.24, 2.45) is 5.92 Å². The van der Waals surface area contributed by atoms with E-state index in [1.54, 1.807) is 67.3 Å². The summed E-state index contributed by atoms with van der Waals surface area (Å²) < 4.78 is 7.98. The lowest BCUT2D eigenvalue weighted by molar-refractivity contribution is 0.325. The van der Waals surface area contributed by atoms with Gasteiger partial charge in [-0.1, -0.05) is 43.5 Å². The smallest absolute Gasteiger partial charge is 0.0541 e. The average molecular weight is 1280 g/mol. The van der Waals surface area contributed by atoms with Crippen LogP contribution in [0.15, 0.2) is 158 Å². The second kappa shape index (κ2) is 22.2. The van der Waals surface area contributed by atoms with E-state index in [2.05, 4.69) is 191 Å². The van der Waals surface area contributed by atoms with Crippen LogP contribution in [0.5, 0.6) is 0 Å². The highest BCUT2D eigenvalue weighted by Crippen LogP contribution is 2.48. The zero-order valence-electron chi connectivity index (χ0n) is 56.9. The van der Waals surface area contributed by atoms with E-state index in [-0.39, 0.29) is 0 Å². The van der Waals surface area contributed by atoms with Crippen LogP contribution in [0.4, 0.5) is 22.7 Å². The Labute approximate surface area is 575 Å². The lowest BCUT2D eigenvalue weighted by Crippen LogP contribution is -2.34. The van der Waals surface area contributed by atoms with Crippen LogP contribution >= 0.6 is 0 Å². The van der Waals surface area contributed by atoms with Crippen LogP contribution in [0.2, 0.25) is 0 Å². The van der Waals surface area contributed by atoms with Crippen molar-refractivity contribution in [1.29, 1.82) is 0 Å². The Morgan fingerprint density at radius 1 is 0.235 bits per heavy atom. The van der Waals surface area contributed by atoms with Crippen LogP contribution in [0.3, 0.4) is 0 Å². The van der Waals surface area contributed by atoms with E-state index in [1.807, 2.05) is 0 Å². The average Bonchev–Trinajstić information content (AvgIpc) is 1.45. The fourth-order valence-corrected chi connectivity index (χ4v) is 21.4. The largest absolute Gasteiger partial charge is 0.371 e. The molecule has 3 aromatic heterocycles. The summed E-state index contributed by atoms with van der Waals surface area (Å²) in [6.45, 7) is 10.6. The molecule has 1 aliphatic carbocycles. The summed E-state index contributed by atoms with van der Waals surface area (Å²) >= 11 is 0. The molecule has 486 valence electrons. The Morgan fingerprint density at radius 2 is 0.490 bits per heavy atom. The molecule has 22 rings (SSSR count). The third-order valence-electron chi connectivity index (χ3n) is 25.7. The van der Waals surface area contributed by atoms with Crippen molar-refractivity contribution in [1.82, 2.24) is 13.7 Å². The van der Waals surface area contributed by atoms with Crippen LogP contribution in [-0.4, -0.2) is 66.1 Å². The number of aromatic nitrogens is 3. The first-order valence-corrected chi connectivity index (χ1v) is 38.4. The fourth-order valence-electron chi connectivity index (χ4n) is 21.4. The van der Waals surface area contributed by atoms with Gasteiger partial charge < -0.3 is 33.3 Å². The van der Waals surface area contributed by atoms with Crippen LogP contribution in [0.1, 0.15) is 128 Å². The number of nitrogens with zero attached hydrogens (tertiary/aromatic N) is 7. The maximum absolute atomic E-state index is 2.73. The van der Waals surface area contributed by atoms with Crippen LogP contribution in [0.25, 0.3) is 121 Å². The van der Waals surface area contributed by atoms with Crippen LogP contribution < -0.4 is 19.6 Å². The van der Waals surface area contributed by atoms with Gasteiger partial charge in [0.15, 0.2) is 0 Å². The zero-order valence-corrected chi connectivity index (χ0v) is 56.9. The van der Waals surface area contributed by atoms with Gasteiger partial charge in [0.25, 0.3) is 0 Å². The molecule has 0 atom stereocenters. The van der Waals surface area contributed by atoms with Gasteiger partial charge in [-0.3, -0.25) is 0 Å². The Balaban J connectivity index is 0.733. The normalized spacial score (nSPS) is 18.2. The molecule has 0 amide bonds. The monoisotopic (exact) mass is 1280 g/mol. The van der Waals surface area contributed by atoms with Gasteiger partial charge in [0.1, 0.15) is 0 Å². The number of hydrogen-bond donors (Lipinski definition) is 0. The first-order chi connectivity index (χ1) is 48.5. The highest BCUT2D eigenvalue weighted by molar-refractivity contribution is 6.15. The summed E-state index contributed by atoms with van der Waals surface area (Å²) in [4.78, 5) is 10.7. The molecule has 11 heterocycles. The van der Waals surface area contributed by atoms with E-state index in [9.17, 15) is 0 Å². The van der Waals surface area contributed by atoms with Gasteiger partial charge in [-0.15, -0.1) is 0 Å². The maximum Gasteiger partial charge on any atom is 0.0541 e. The van der Waals surface area contributed by atoms with E-state index >= 15 is 0 Å². The Kier molecular flexibility index (Phi) is 12.8. The molecule has 1 saturated carbocycles. The fraction of sp³-hybridized carbons (Fsp3) is 0.341. The SMILES string of the molecule is c1cc2c(cc1-c1cc3c4c(c1)CCCN4CCC3)c1cc(-c3cc4c5c(c3)CCCN5CCC4)ccc1n2-c1ccc2c(c1)c1cc(-n3c4ccc(-c5cc6c7c(c5)CCCN7CCC6)cc4c4cc(-c5cc6c7c(c5)CCCN7CCC6)ccc43)ccc1n2CC1CCCCC1. The van der Waals surface area contributed by atoms with E-state index in [4.69, 9.17) is 0 Å². The Hall–Kier alpha value is -9.20. The number of hydrogen-bond acceptors (Lipinski definition) is 4. The predicted molar refractivity (Wildman–Crippen MR) is 412 cm³/mol. The first kappa shape index (κ1) is 56.8. The maximum atomic E-state index is 2.73. The number of anilines is 4. The van der Waals surface area contributed by atoms with Gasteiger partial charge in [-0.2, -0.15) is 0 Å². The second-order valence-electron chi connectivity index (χ2n) is 31.5. The van der Waals surface area contributed by atoms with Gasteiger partial charge in [0.2, 0.25) is 0 Å². The third-order valence-corrected chi connectivity index (χ3v) is 25.7. The molecule has 7 nitrogen and oxygen atoms in total. The number of benzene rings is 10. The summed E-state index contributed by atoms with van der Waals surface area (Å²) in [5.41, 5.74) is 39.6. The Morgan fingerprint density at radius 3 is 0.765 bits per heavy atom. The van der Waals surface area contributed by atoms with Gasteiger partial charge in [0.05, 0.1) is 22.1 Å². The molecule has 10 aromatic carbocycles. The van der Waals surface area contributed by atoms with Crippen LogP contribution in [0, 0.1) is 5.92 Å². The van der Waals surface area contributed by atoms with E-state index in [0.29, 0.717) is 5.92 Å². The van der Waals surface area contributed by atoms with E-state index in [1.165, 1.54) is 308 Å². The summed E-state index contributed by atoms with van der Waals surface area (Å²) in [6.07, 6.45) is 26.0. The Bertz CT molecular complexity index is 4820. The second-order valence-corrected chi connectivity index (χ2v) is 31.5. The summed E-state index contributed by atoms with van der Waals surface area (Å²) in [7, 11) is 0. The van der Waals surface area contributed by atoms with Gasteiger partial charge in [-0.05, 0) is 344 Å². The van der Waals surface area contributed by atoms with Crippen LogP contribution in [-0.2, 0) is 57.9 Å². The molecule has 0 spiro atoms. The molecule has 7 heteroatoms. The number of aryl methyl sites for hydroxylation is 8. The van der Waals surface area contributed by atoms with Gasteiger partial charge in [0, 0.05) is 136 Å². The van der Waals surface area contributed by atoms with Crippen molar-refractivity contribution in [3.8, 4) is 55.9 Å². The topological polar surface area (TPSA) is 27.8 Å². The van der Waals surface area contributed by atoms with Crippen molar-refractivity contribution in [2.45, 2.75) is 141 Å². The summed E-state index contributed by atoms with van der Waals surface area (Å²) in [5.74, 6) is 0.672. The summed E-state index contributed by atoms with van der Waals surface area (Å²) in [5, 5.41) is 8.00. The molecule has 9 aliphatic rings. The minimum atomic E-state index is 0.672. The molecule has 1 fully saturated rings. The molecular formula is C91H87N7. The highest BCUT2D eigenvalue weighted by Gasteiger charge is 2.31. The predicted octanol–water partition coefficient (Wildman–Crippen LogP) is 21.0. The quantitative estimate of drug-likeness (QED) is 0.152. The van der Waals surface area contributed by atoms with Crippen molar-refractivity contribution >= 4 is 88.2 Å². The molecule has 8 aliphatic heterocycles. The molecule has 0 N–H and O–H groups in total. The third kappa shape index (κ3) is 8.84. The molecular weight excluding hydrogens is 1190 g/mol. The van der Waals surface area contributed by atoms with Crippen molar-refractivity contribution in [3.05, 3.63) is 202 Å². The van der Waals surface area contributed by atoms with Gasteiger partial charge >= 0.3 is 0 Å². The minimum absolute atomic E-state index is 0.672. The molecule has 13 aromatic rings. The molecule has 0 saturated heterocycles. The number of fused-ring (bicyclic) bond motifs is 9. The molecule has 0 bridgehead atoms. The van der Waals surface area contributed by atoms with Crippen molar-refractivity contribution < 1.29 is 0 Å². The molecule has 0 radical (unpaired) electrons. The molecule has 98 heavy (non-hydrogen) atoms. The molecule has 0 unspecified atom stereocenters. The van der Waals surface area contributed by atoms with Crippen molar-refractivity contribution in [3.63, 3.8) is 0 Å². The lowest BCUT2D eigenvalue weighted by Gasteiger charge is -2.37. The van der Waals surface area contributed by atoms with E-state index in [0.717, 1.165) is 6.54 Å². The number of rotatable bonds is 8. The zero-order chi connectivity index (χ0) is 63.8. The van der Waals surface area contributed by atoms with E-state index < -0.39 is 0 Å². The summed E-state index contributed by atoms with van der Waals surface area (Å²) in [6, 6.07) is 65.5. The lowest BCUT2D eigenvalue weighted by atomic mass is 9.88. The minimum Gasteiger partial charge on any atom is -0.371 e. The first-order valence-electron chi connectivity index (χ1n) is 38.4. The highest BCUT2D eigenvalue weighted by atomic mass is 15.2. The van der Waals surface area contributed by atoms with Crippen molar-refractivity contribution in [2.75, 3.05) is 72.0 Å². The standard InChI is InChI=1S/C91H87N7/c1-2-12-57(13-3-1)56-96-82-32-26-74(97-84-28-22-58(70-42-62-14-4-34-92-35-5-15-63(43-70)88(62)92)50-76(84)77-51-59(23-29-85(77)97)71-44-64-16-6-36-93-37-7-17-65(45-71)89(64)93)54-80(82)81-55-75(27-33-83(81)96)98-86-30-24-60(72-46-66-18-8-38-94-39-9-19-67(47-72)90(66)94)52-78(86)79-53-61(25-31-87(79)98)73-48-68-20-10-40-95-41-11-21-69(49-73)91(68)95/h22-33,42-55,57H,1-21,34-41,56H2. The van der Waals surface area contributed by atoms with Gasteiger partial charge in [-0.25, -0.2) is 0 Å².